The van der Waals surface area contributed by atoms with Crippen LogP contribution in [0.2, 0.25) is 10.0 Å². The lowest BCUT2D eigenvalue weighted by Gasteiger charge is -2.12. The zero-order valence-electron chi connectivity index (χ0n) is 15.5. The quantitative estimate of drug-likeness (QED) is 0.268. The molecule has 0 bridgehead atoms. The highest BCUT2D eigenvalue weighted by Crippen LogP contribution is 2.31. The monoisotopic (exact) mass is 487 g/mol. The van der Waals surface area contributed by atoms with E-state index in [1.165, 1.54) is 0 Å². The summed E-state index contributed by atoms with van der Waals surface area (Å²) in [6, 6.07) is 20.7. The molecule has 3 aromatic rings. The van der Waals surface area contributed by atoms with Crippen molar-refractivity contribution in [2.45, 2.75) is 6.61 Å². The van der Waals surface area contributed by atoms with Crippen LogP contribution in [0.4, 0.5) is 0 Å². The van der Waals surface area contributed by atoms with Crippen LogP contribution in [0.1, 0.15) is 16.7 Å². The lowest BCUT2D eigenvalue weighted by atomic mass is 10.0. The predicted octanol–water partition coefficient (Wildman–Crippen LogP) is 7.41. The van der Waals surface area contributed by atoms with Crippen LogP contribution < -0.4 is 9.47 Å². The maximum absolute atomic E-state index is 9.56. The molecule has 0 amide bonds. The molecule has 0 saturated heterocycles. The normalized spacial score (nSPS) is 11.1. The molecule has 29 heavy (non-hydrogen) atoms. The summed E-state index contributed by atoms with van der Waals surface area (Å²) in [6.45, 7) is 0.422. The molecule has 0 aromatic heterocycles. The van der Waals surface area contributed by atoms with Gasteiger partial charge in [0.25, 0.3) is 0 Å². The van der Waals surface area contributed by atoms with Gasteiger partial charge in [0.05, 0.1) is 28.8 Å². The molecule has 0 fully saturated rings. The Bertz CT molecular complexity index is 1090. The molecule has 0 radical (unpaired) electrons. The molecule has 6 heteroatoms. The van der Waals surface area contributed by atoms with Crippen LogP contribution in [0.3, 0.4) is 0 Å². The molecule has 0 heterocycles. The summed E-state index contributed by atoms with van der Waals surface area (Å²) < 4.78 is 12.4. The maximum Gasteiger partial charge on any atom is 0.161 e. The Morgan fingerprint density at radius 2 is 1.76 bits per heavy atom. The van der Waals surface area contributed by atoms with Crippen molar-refractivity contribution in [1.82, 2.24) is 0 Å². The topological polar surface area (TPSA) is 42.2 Å². The van der Waals surface area contributed by atoms with Gasteiger partial charge >= 0.3 is 0 Å². The van der Waals surface area contributed by atoms with Crippen molar-refractivity contribution in [2.75, 3.05) is 7.11 Å². The smallest absolute Gasteiger partial charge is 0.161 e. The van der Waals surface area contributed by atoms with E-state index in [9.17, 15) is 5.26 Å². The van der Waals surface area contributed by atoms with Gasteiger partial charge in [0.2, 0.25) is 0 Å². The van der Waals surface area contributed by atoms with Crippen molar-refractivity contribution >= 4 is 50.8 Å². The van der Waals surface area contributed by atoms with Gasteiger partial charge in [-0.1, -0.05) is 63.4 Å². The van der Waals surface area contributed by atoms with Gasteiger partial charge in [-0.3, -0.25) is 0 Å². The number of benzene rings is 3. The van der Waals surface area contributed by atoms with Crippen LogP contribution in [0.15, 0.2) is 65.1 Å². The summed E-state index contributed by atoms with van der Waals surface area (Å²) in [4.78, 5) is 0. The maximum atomic E-state index is 9.56. The molecule has 0 aliphatic carbocycles. The van der Waals surface area contributed by atoms with Gasteiger partial charge in [-0.05, 0) is 59.2 Å². The zero-order valence-corrected chi connectivity index (χ0v) is 18.6. The first kappa shape index (κ1) is 21.3. The second-order valence-corrected chi connectivity index (χ2v) is 7.85. The number of nitrogens with zero attached hydrogens (tertiary/aromatic N) is 1. The van der Waals surface area contributed by atoms with E-state index in [-0.39, 0.29) is 0 Å². The third kappa shape index (κ3) is 5.55. The van der Waals surface area contributed by atoms with Crippen LogP contribution in [0.5, 0.6) is 11.5 Å². The van der Waals surface area contributed by atoms with Crippen molar-refractivity contribution in [2.24, 2.45) is 0 Å². The van der Waals surface area contributed by atoms with Crippen LogP contribution in [-0.2, 0) is 6.61 Å². The zero-order chi connectivity index (χ0) is 20.8. The highest BCUT2D eigenvalue weighted by atomic mass is 79.9. The average molecular weight is 489 g/mol. The van der Waals surface area contributed by atoms with Gasteiger partial charge in [-0.25, -0.2) is 0 Å². The third-order valence-electron chi connectivity index (χ3n) is 4.16. The van der Waals surface area contributed by atoms with Gasteiger partial charge in [0.1, 0.15) is 6.61 Å². The van der Waals surface area contributed by atoms with Crippen molar-refractivity contribution in [1.29, 1.82) is 5.26 Å². The van der Waals surface area contributed by atoms with Gasteiger partial charge in [-0.15, -0.1) is 0 Å². The Kier molecular flexibility index (Phi) is 7.22. The minimum Gasteiger partial charge on any atom is -0.493 e. The minimum absolute atomic E-state index is 0.402. The number of hydrogen-bond acceptors (Lipinski definition) is 3. The van der Waals surface area contributed by atoms with Gasteiger partial charge in [0, 0.05) is 4.47 Å². The second kappa shape index (κ2) is 9.84. The van der Waals surface area contributed by atoms with E-state index < -0.39 is 0 Å². The van der Waals surface area contributed by atoms with Crippen molar-refractivity contribution in [3.05, 3.63) is 91.9 Å². The average Bonchev–Trinajstić information content (AvgIpc) is 2.74. The molecule has 3 rings (SSSR count). The van der Waals surface area contributed by atoms with E-state index in [1.54, 1.807) is 31.4 Å². The molecule has 3 aromatic carbocycles. The Labute approximate surface area is 188 Å². The Balaban J connectivity index is 1.83. The minimum atomic E-state index is 0.402. The number of nitriles is 1. The number of hydrogen-bond donors (Lipinski definition) is 0. The fourth-order valence-electron chi connectivity index (χ4n) is 2.65. The van der Waals surface area contributed by atoms with Crippen LogP contribution in [0.25, 0.3) is 11.6 Å². The van der Waals surface area contributed by atoms with Gasteiger partial charge in [0.15, 0.2) is 11.5 Å². The molecule has 0 aliphatic heterocycles. The summed E-state index contributed by atoms with van der Waals surface area (Å²) >= 11 is 15.5. The lowest BCUT2D eigenvalue weighted by Crippen LogP contribution is -1.98. The van der Waals surface area contributed by atoms with Crippen LogP contribution in [-0.4, -0.2) is 7.11 Å². The summed E-state index contributed by atoms with van der Waals surface area (Å²) in [6.07, 6.45) is 1.76. The van der Waals surface area contributed by atoms with E-state index in [0.717, 1.165) is 15.6 Å². The standard InChI is InChI=1S/C23H16BrCl2NO2/c1-28-23-11-16(10-18(13-27)17-5-8-20(25)21(26)12-17)4-9-22(23)29-14-15-2-6-19(24)7-3-15/h2-12H,14H2,1H3/b18-10-. The molecule has 146 valence electrons. The van der Waals surface area contributed by atoms with Crippen molar-refractivity contribution in [3.63, 3.8) is 0 Å². The number of ether oxygens (including phenoxy) is 2. The molecule has 0 spiro atoms. The molecular formula is C23H16BrCl2NO2. The summed E-state index contributed by atoms with van der Waals surface area (Å²) in [7, 11) is 1.58. The predicted molar refractivity (Wildman–Crippen MR) is 121 cm³/mol. The molecule has 0 N–H and O–H groups in total. The van der Waals surface area contributed by atoms with E-state index in [2.05, 4.69) is 22.0 Å². The van der Waals surface area contributed by atoms with E-state index in [4.69, 9.17) is 32.7 Å². The summed E-state index contributed by atoms with van der Waals surface area (Å²) in [5.41, 5.74) is 3.01. The molecule has 0 unspecified atom stereocenters. The van der Waals surface area contributed by atoms with E-state index >= 15 is 0 Å². The molecular weight excluding hydrogens is 473 g/mol. The van der Waals surface area contributed by atoms with E-state index in [0.29, 0.717) is 39.3 Å². The lowest BCUT2D eigenvalue weighted by molar-refractivity contribution is 0.284. The second-order valence-electron chi connectivity index (χ2n) is 6.12. The summed E-state index contributed by atoms with van der Waals surface area (Å²) in [5.74, 6) is 1.21. The number of halogens is 3. The van der Waals surface area contributed by atoms with Crippen LogP contribution >= 0.6 is 39.1 Å². The molecule has 0 aliphatic rings. The number of allylic oxidation sites excluding steroid dienone is 1. The molecule has 0 saturated carbocycles. The van der Waals surface area contributed by atoms with Gasteiger partial charge < -0.3 is 9.47 Å². The first-order chi connectivity index (χ1) is 14.0. The number of rotatable bonds is 6. The Morgan fingerprint density at radius 1 is 1.00 bits per heavy atom. The molecule has 3 nitrogen and oxygen atoms in total. The van der Waals surface area contributed by atoms with E-state index in [1.807, 2.05) is 42.5 Å². The van der Waals surface area contributed by atoms with Crippen molar-refractivity contribution in [3.8, 4) is 17.6 Å². The number of methoxy groups -OCH3 is 1. The Morgan fingerprint density at radius 3 is 2.41 bits per heavy atom. The fourth-order valence-corrected chi connectivity index (χ4v) is 3.21. The fraction of sp³-hybridized carbons (Fsp3) is 0.0870. The third-order valence-corrected chi connectivity index (χ3v) is 5.43. The molecule has 0 atom stereocenters. The summed E-state index contributed by atoms with van der Waals surface area (Å²) in [5, 5.41) is 10.4. The first-order valence-corrected chi connectivity index (χ1v) is 10.2. The van der Waals surface area contributed by atoms with Crippen LogP contribution in [0, 0.1) is 11.3 Å². The largest absolute Gasteiger partial charge is 0.493 e. The first-order valence-electron chi connectivity index (χ1n) is 8.62. The van der Waals surface area contributed by atoms with Crippen molar-refractivity contribution < 1.29 is 9.47 Å². The highest BCUT2D eigenvalue weighted by Gasteiger charge is 2.08. The highest BCUT2D eigenvalue weighted by molar-refractivity contribution is 9.10. The SMILES string of the molecule is COc1cc(/C=C(/C#N)c2ccc(Cl)c(Cl)c2)ccc1OCc1ccc(Br)cc1. The Hall–Kier alpha value is -2.45. The van der Waals surface area contributed by atoms with Gasteiger partial charge in [-0.2, -0.15) is 5.26 Å².